The molecule has 0 heterocycles. The Bertz CT molecular complexity index is 688. The summed E-state index contributed by atoms with van der Waals surface area (Å²) in [7, 11) is 0. The fourth-order valence-corrected chi connectivity index (χ4v) is 2.25. The van der Waals surface area contributed by atoms with Crippen molar-refractivity contribution in [3.8, 4) is 5.75 Å². The number of hydrogen-bond acceptors (Lipinski definition) is 2. The highest BCUT2D eigenvalue weighted by atomic mass is 79.9. The molecule has 0 spiro atoms. The third-order valence-corrected chi connectivity index (χ3v) is 3.63. The van der Waals surface area contributed by atoms with Crippen LogP contribution < -0.4 is 10.1 Å². The lowest BCUT2D eigenvalue weighted by molar-refractivity contribution is -0.116. The van der Waals surface area contributed by atoms with E-state index in [9.17, 15) is 9.18 Å². The second-order valence-corrected chi connectivity index (χ2v) is 5.96. The van der Waals surface area contributed by atoms with Crippen LogP contribution in [0.1, 0.15) is 17.5 Å². The summed E-state index contributed by atoms with van der Waals surface area (Å²) < 4.78 is 19.9. The van der Waals surface area contributed by atoms with Crippen molar-refractivity contribution in [2.45, 2.75) is 20.3 Å². The minimum atomic E-state index is -0.474. The number of anilines is 1. The van der Waals surface area contributed by atoms with Gasteiger partial charge in [0.15, 0.2) is 0 Å². The number of ether oxygens (including phenoxy) is 1. The predicted molar refractivity (Wildman–Crippen MR) is 88.8 cm³/mol. The standard InChI is InChI=1S/C17H17BrFNO2/c1-11-3-4-12(2)16(9-11)22-8-7-17(21)20-15-6-5-13(18)10-14(15)19/h3-6,9-10H,7-8H2,1-2H3,(H,20,21). The van der Waals surface area contributed by atoms with Gasteiger partial charge in [-0.05, 0) is 49.2 Å². The summed E-state index contributed by atoms with van der Waals surface area (Å²) in [5, 5.41) is 2.53. The van der Waals surface area contributed by atoms with Crippen LogP contribution in [0, 0.1) is 19.7 Å². The summed E-state index contributed by atoms with van der Waals surface area (Å²) in [6, 6.07) is 10.4. The Morgan fingerprint density at radius 2 is 2.00 bits per heavy atom. The summed E-state index contributed by atoms with van der Waals surface area (Å²) >= 11 is 3.17. The largest absolute Gasteiger partial charge is 0.493 e. The first-order valence-corrected chi connectivity index (χ1v) is 7.70. The highest BCUT2D eigenvalue weighted by molar-refractivity contribution is 9.10. The van der Waals surface area contributed by atoms with E-state index in [0.29, 0.717) is 4.47 Å². The average molecular weight is 366 g/mol. The van der Waals surface area contributed by atoms with Crippen molar-refractivity contribution in [2.75, 3.05) is 11.9 Å². The number of aryl methyl sites for hydroxylation is 2. The molecule has 116 valence electrons. The van der Waals surface area contributed by atoms with Gasteiger partial charge in [0.25, 0.3) is 0 Å². The van der Waals surface area contributed by atoms with Gasteiger partial charge in [-0.2, -0.15) is 0 Å². The Morgan fingerprint density at radius 1 is 1.23 bits per heavy atom. The maximum atomic E-state index is 13.6. The predicted octanol–water partition coefficient (Wildman–Crippen LogP) is 4.61. The van der Waals surface area contributed by atoms with Crippen molar-refractivity contribution < 1.29 is 13.9 Å². The summed E-state index contributed by atoms with van der Waals surface area (Å²) in [5.74, 6) is 0.00678. The molecule has 0 saturated carbocycles. The first kappa shape index (κ1) is 16.5. The third kappa shape index (κ3) is 4.56. The molecule has 2 aromatic rings. The molecule has 0 unspecified atom stereocenters. The minimum absolute atomic E-state index is 0.156. The molecule has 0 aliphatic heterocycles. The lowest BCUT2D eigenvalue weighted by Crippen LogP contribution is -2.16. The quantitative estimate of drug-likeness (QED) is 0.839. The van der Waals surface area contributed by atoms with Gasteiger partial charge >= 0.3 is 0 Å². The zero-order valence-electron chi connectivity index (χ0n) is 12.5. The molecule has 0 fully saturated rings. The summed E-state index contributed by atoms with van der Waals surface area (Å²) in [4.78, 5) is 11.8. The smallest absolute Gasteiger partial charge is 0.227 e. The van der Waals surface area contributed by atoms with E-state index in [1.165, 1.54) is 12.1 Å². The molecule has 0 saturated heterocycles. The van der Waals surface area contributed by atoms with Crippen LogP contribution in [0.2, 0.25) is 0 Å². The number of carbonyl (C=O) groups is 1. The molecule has 0 aromatic heterocycles. The van der Waals surface area contributed by atoms with E-state index < -0.39 is 5.82 Å². The van der Waals surface area contributed by atoms with Gasteiger partial charge in [0, 0.05) is 4.47 Å². The maximum absolute atomic E-state index is 13.6. The van der Waals surface area contributed by atoms with Gasteiger partial charge < -0.3 is 10.1 Å². The van der Waals surface area contributed by atoms with Crippen LogP contribution in [0.15, 0.2) is 40.9 Å². The van der Waals surface area contributed by atoms with Crippen molar-refractivity contribution in [3.63, 3.8) is 0 Å². The zero-order valence-corrected chi connectivity index (χ0v) is 14.0. The normalized spacial score (nSPS) is 10.4. The topological polar surface area (TPSA) is 38.3 Å². The highest BCUT2D eigenvalue weighted by Gasteiger charge is 2.08. The van der Waals surface area contributed by atoms with Crippen LogP contribution in [-0.2, 0) is 4.79 Å². The lowest BCUT2D eigenvalue weighted by atomic mass is 10.1. The fourth-order valence-electron chi connectivity index (χ4n) is 1.92. The molecule has 0 aliphatic rings. The van der Waals surface area contributed by atoms with Crippen LogP contribution in [0.4, 0.5) is 10.1 Å². The Morgan fingerprint density at radius 3 is 2.73 bits per heavy atom. The second kappa shape index (κ2) is 7.40. The zero-order chi connectivity index (χ0) is 16.1. The Balaban J connectivity index is 1.86. The van der Waals surface area contributed by atoms with Crippen molar-refractivity contribution in [3.05, 3.63) is 57.8 Å². The van der Waals surface area contributed by atoms with Crippen LogP contribution >= 0.6 is 15.9 Å². The number of benzene rings is 2. The number of rotatable bonds is 5. The van der Waals surface area contributed by atoms with E-state index in [-0.39, 0.29) is 24.6 Å². The summed E-state index contributed by atoms with van der Waals surface area (Å²) in [5.41, 5.74) is 2.28. The van der Waals surface area contributed by atoms with E-state index in [2.05, 4.69) is 21.2 Å². The molecule has 0 atom stereocenters. The Hall–Kier alpha value is -1.88. The van der Waals surface area contributed by atoms with Crippen LogP contribution in [0.5, 0.6) is 5.75 Å². The van der Waals surface area contributed by atoms with Gasteiger partial charge in [-0.15, -0.1) is 0 Å². The molecule has 5 heteroatoms. The van der Waals surface area contributed by atoms with Gasteiger partial charge in [-0.25, -0.2) is 4.39 Å². The molecule has 0 bridgehead atoms. The molecule has 3 nitrogen and oxygen atoms in total. The van der Waals surface area contributed by atoms with Crippen molar-refractivity contribution in [2.24, 2.45) is 0 Å². The van der Waals surface area contributed by atoms with Crippen molar-refractivity contribution >= 4 is 27.5 Å². The summed E-state index contributed by atoms with van der Waals surface area (Å²) in [6.07, 6.45) is 0.156. The van der Waals surface area contributed by atoms with E-state index >= 15 is 0 Å². The summed E-state index contributed by atoms with van der Waals surface area (Å²) in [6.45, 7) is 4.18. The van der Waals surface area contributed by atoms with Gasteiger partial charge in [0.1, 0.15) is 11.6 Å². The average Bonchev–Trinajstić information content (AvgIpc) is 2.46. The third-order valence-electron chi connectivity index (χ3n) is 3.14. The molecule has 2 rings (SSSR count). The SMILES string of the molecule is Cc1ccc(C)c(OCCC(=O)Nc2ccc(Br)cc2F)c1. The molecule has 1 amide bonds. The van der Waals surface area contributed by atoms with E-state index in [0.717, 1.165) is 16.9 Å². The Kier molecular flexibility index (Phi) is 5.55. The number of halogens is 2. The van der Waals surface area contributed by atoms with Gasteiger partial charge in [0.2, 0.25) is 5.91 Å². The van der Waals surface area contributed by atoms with Crippen LogP contribution in [0.25, 0.3) is 0 Å². The lowest BCUT2D eigenvalue weighted by Gasteiger charge is -2.10. The maximum Gasteiger partial charge on any atom is 0.227 e. The molecule has 1 N–H and O–H groups in total. The van der Waals surface area contributed by atoms with Crippen LogP contribution in [0.3, 0.4) is 0 Å². The van der Waals surface area contributed by atoms with E-state index in [1.807, 2.05) is 32.0 Å². The second-order valence-electron chi connectivity index (χ2n) is 5.04. The molecule has 2 aromatic carbocycles. The monoisotopic (exact) mass is 365 g/mol. The van der Waals surface area contributed by atoms with Gasteiger partial charge in [-0.3, -0.25) is 4.79 Å². The minimum Gasteiger partial charge on any atom is -0.493 e. The van der Waals surface area contributed by atoms with Gasteiger partial charge in [-0.1, -0.05) is 28.1 Å². The molecule has 0 radical (unpaired) electrons. The van der Waals surface area contributed by atoms with Gasteiger partial charge in [0.05, 0.1) is 18.7 Å². The number of nitrogens with one attached hydrogen (secondary N) is 1. The molecule has 22 heavy (non-hydrogen) atoms. The van der Waals surface area contributed by atoms with Crippen molar-refractivity contribution in [1.29, 1.82) is 0 Å². The fraction of sp³-hybridized carbons (Fsp3) is 0.235. The first-order chi connectivity index (χ1) is 10.5. The number of carbonyl (C=O) groups excluding carboxylic acids is 1. The molecular weight excluding hydrogens is 349 g/mol. The highest BCUT2D eigenvalue weighted by Crippen LogP contribution is 2.20. The van der Waals surface area contributed by atoms with E-state index in [4.69, 9.17) is 4.74 Å². The van der Waals surface area contributed by atoms with Crippen LogP contribution in [-0.4, -0.2) is 12.5 Å². The van der Waals surface area contributed by atoms with Crippen molar-refractivity contribution in [1.82, 2.24) is 0 Å². The Labute approximate surface area is 137 Å². The molecule has 0 aliphatic carbocycles. The first-order valence-electron chi connectivity index (χ1n) is 6.90. The number of amides is 1. The molecular formula is C17H17BrFNO2. The van der Waals surface area contributed by atoms with E-state index in [1.54, 1.807) is 6.07 Å². The number of hydrogen-bond donors (Lipinski definition) is 1.